The molecule has 0 heterocycles. The average Bonchev–Trinajstić information content (AvgIpc) is 2.72. The molecule has 112 valence electrons. The van der Waals surface area contributed by atoms with Crippen molar-refractivity contribution in [1.29, 1.82) is 0 Å². The lowest BCUT2D eigenvalue weighted by atomic mass is 9.94. The molecular formula is C15H30N2O2. The third-order valence-electron chi connectivity index (χ3n) is 3.97. The molecule has 1 aliphatic carbocycles. The smallest absolute Gasteiger partial charge is 0.317 e. The topological polar surface area (TPSA) is 52.6 Å². The van der Waals surface area contributed by atoms with Crippen LogP contribution >= 0.6 is 0 Å². The molecule has 0 bridgehead atoms. The Kier molecular flexibility index (Phi) is 6.63. The third-order valence-corrected chi connectivity index (χ3v) is 3.97. The number of aliphatic hydroxyl groups excluding tert-OH is 1. The quantitative estimate of drug-likeness (QED) is 0.779. The molecule has 3 unspecified atom stereocenters. The normalized spacial score (nSPS) is 24.5. The Bertz CT molecular complexity index is 279. The van der Waals surface area contributed by atoms with Gasteiger partial charge in [-0.1, -0.05) is 26.7 Å². The van der Waals surface area contributed by atoms with Gasteiger partial charge in [-0.3, -0.25) is 0 Å². The van der Waals surface area contributed by atoms with Crippen LogP contribution in [-0.4, -0.2) is 41.8 Å². The summed E-state index contributed by atoms with van der Waals surface area (Å²) in [5, 5.41) is 12.4. The van der Waals surface area contributed by atoms with Crippen molar-refractivity contribution in [3.8, 4) is 0 Å². The van der Waals surface area contributed by atoms with Gasteiger partial charge in [-0.25, -0.2) is 4.79 Å². The number of amides is 2. The summed E-state index contributed by atoms with van der Waals surface area (Å²) in [4.78, 5) is 13.6. The lowest BCUT2D eigenvalue weighted by molar-refractivity contribution is 0.141. The second-order valence-electron chi connectivity index (χ2n) is 6.45. The lowest BCUT2D eigenvalue weighted by Gasteiger charge is -2.26. The standard InChI is InChI=1S/C15H30N2O2/c1-11(2)8-9-13-6-5-7-14(13)16-15(19)17(4)10-12(3)18/h11-14,18H,5-10H2,1-4H3,(H,16,19). The molecule has 0 aromatic heterocycles. The van der Waals surface area contributed by atoms with Crippen LogP contribution in [-0.2, 0) is 0 Å². The molecule has 0 aliphatic heterocycles. The molecule has 0 spiro atoms. The molecule has 0 aromatic carbocycles. The zero-order valence-electron chi connectivity index (χ0n) is 12.9. The summed E-state index contributed by atoms with van der Waals surface area (Å²) in [5.41, 5.74) is 0. The van der Waals surface area contributed by atoms with Crippen molar-refractivity contribution in [2.75, 3.05) is 13.6 Å². The number of urea groups is 1. The van der Waals surface area contributed by atoms with Crippen LogP contribution in [0.1, 0.15) is 52.9 Å². The van der Waals surface area contributed by atoms with Crippen molar-refractivity contribution in [2.24, 2.45) is 11.8 Å². The first-order chi connectivity index (χ1) is 8.90. The van der Waals surface area contributed by atoms with Gasteiger partial charge in [-0.2, -0.15) is 0 Å². The van der Waals surface area contributed by atoms with E-state index in [1.165, 1.54) is 25.7 Å². The minimum atomic E-state index is -0.476. The van der Waals surface area contributed by atoms with Crippen LogP contribution in [0.2, 0.25) is 0 Å². The number of carbonyl (C=O) groups excluding carboxylic acids is 1. The summed E-state index contributed by atoms with van der Waals surface area (Å²) in [5.74, 6) is 1.36. The summed E-state index contributed by atoms with van der Waals surface area (Å²) in [7, 11) is 1.74. The molecule has 19 heavy (non-hydrogen) atoms. The number of aliphatic hydroxyl groups is 1. The Labute approximate surface area is 117 Å². The van der Waals surface area contributed by atoms with Gasteiger partial charge in [-0.15, -0.1) is 0 Å². The average molecular weight is 270 g/mol. The Hall–Kier alpha value is -0.770. The zero-order chi connectivity index (χ0) is 14.4. The molecule has 2 amide bonds. The first-order valence-corrected chi connectivity index (χ1v) is 7.59. The van der Waals surface area contributed by atoms with E-state index in [4.69, 9.17) is 0 Å². The predicted molar refractivity (Wildman–Crippen MR) is 78.0 cm³/mol. The third kappa shape index (κ3) is 5.81. The highest BCUT2D eigenvalue weighted by molar-refractivity contribution is 5.74. The summed E-state index contributed by atoms with van der Waals surface area (Å²) in [6, 6.07) is 0.269. The van der Waals surface area contributed by atoms with Gasteiger partial charge in [0.2, 0.25) is 0 Å². The maximum Gasteiger partial charge on any atom is 0.317 e. The highest BCUT2D eigenvalue weighted by Crippen LogP contribution is 2.30. The van der Waals surface area contributed by atoms with Crippen LogP contribution in [0.15, 0.2) is 0 Å². The summed E-state index contributed by atoms with van der Waals surface area (Å²) < 4.78 is 0. The fraction of sp³-hybridized carbons (Fsp3) is 0.933. The number of likely N-dealkylation sites (N-methyl/N-ethyl adjacent to an activating group) is 1. The first kappa shape index (κ1) is 16.3. The molecule has 0 aromatic rings. The van der Waals surface area contributed by atoms with E-state index in [0.29, 0.717) is 18.5 Å². The van der Waals surface area contributed by atoms with E-state index in [2.05, 4.69) is 19.2 Å². The predicted octanol–water partition coefficient (Wildman–Crippen LogP) is 2.61. The number of carbonyl (C=O) groups is 1. The second kappa shape index (κ2) is 7.73. The van der Waals surface area contributed by atoms with Crippen LogP contribution in [0.5, 0.6) is 0 Å². The van der Waals surface area contributed by atoms with Crippen LogP contribution in [0.3, 0.4) is 0 Å². The second-order valence-corrected chi connectivity index (χ2v) is 6.45. The maximum atomic E-state index is 12.0. The summed E-state index contributed by atoms with van der Waals surface area (Å²) >= 11 is 0. The van der Waals surface area contributed by atoms with Gasteiger partial charge in [0.15, 0.2) is 0 Å². The van der Waals surface area contributed by atoms with Gasteiger partial charge < -0.3 is 15.3 Å². The number of hydrogen-bond acceptors (Lipinski definition) is 2. The van der Waals surface area contributed by atoms with E-state index >= 15 is 0 Å². The van der Waals surface area contributed by atoms with Crippen molar-refractivity contribution in [1.82, 2.24) is 10.2 Å². The Morgan fingerprint density at radius 1 is 1.37 bits per heavy atom. The van der Waals surface area contributed by atoms with Crippen molar-refractivity contribution in [3.05, 3.63) is 0 Å². The maximum absolute atomic E-state index is 12.0. The van der Waals surface area contributed by atoms with Crippen LogP contribution < -0.4 is 5.32 Å². The molecule has 4 heteroatoms. The molecule has 1 fully saturated rings. The summed E-state index contributed by atoms with van der Waals surface area (Å²) in [6.45, 7) is 6.58. The van der Waals surface area contributed by atoms with Crippen molar-refractivity contribution in [3.63, 3.8) is 0 Å². The fourth-order valence-corrected chi connectivity index (χ4v) is 2.87. The van der Waals surface area contributed by atoms with Crippen LogP contribution in [0, 0.1) is 11.8 Å². The van der Waals surface area contributed by atoms with E-state index in [1.54, 1.807) is 18.9 Å². The van der Waals surface area contributed by atoms with E-state index in [9.17, 15) is 9.90 Å². The SMILES string of the molecule is CC(C)CCC1CCCC1NC(=O)N(C)CC(C)O. The van der Waals surface area contributed by atoms with Gasteiger partial charge >= 0.3 is 6.03 Å². The molecule has 3 atom stereocenters. The monoisotopic (exact) mass is 270 g/mol. The number of hydrogen-bond donors (Lipinski definition) is 2. The number of rotatable bonds is 6. The number of nitrogens with one attached hydrogen (secondary N) is 1. The van der Waals surface area contributed by atoms with Crippen molar-refractivity contribution >= 4 is 6.03 Å². The van der Waals surface area contributed by atoms with E-state index < -0.39 is 6.10 Å². The van der Waals surface area contributed by atoms with Gasteiger partial charge in [-0.05, 0) is 38.0 Å². The van der Waals surface area contributed by atoms with E-state index in [-0.39, 0.29) is 6.03 Å². The van der Waals surface area contributed by atoms with Crippen LogP contribution in [0.4, 0.5) is 4.79 Å². The minimum Gasteiger partial charge on any atom is -0.392 e. The van der Waals surface area contributed by atoms with Crippen LogP contribution in [0.25, 0.3) is 0 Å². The minimum absolute atomic E-state index is 0.0534. The summed E-state index contributed by atoms with van der Waals surface area (Å²) in [6.07, 6.45) is 5.52. The van der Waals surface area contributed by atoms with Gasteiger partial charge in [0.1, 0.15) is 0 Å². The molecule has 1 aliphatic rings. The van der Waals surface area contributed by atoms with E-state index in [0.717, 1.165) is 12.3 Å². The molecule has 4 nitrogen and oxygen atoms in total. The highest BCUT2D eigenvalue weighted by Gasteiger charge is 2.29. The van der Waals surface area contributed by atoms with Gasteiger partial charge in [0.25, 0.3) is 0 Å². The molecule has 0 radical (unpaired) electrons. The highest BCUT2D eigenvalue weighted by atomic mass is 16.3. The fourth-order valence-electron chi connectivity index (χ4n) is 2.87. The lowest BCUT2D eigenvalue weighted by Crippen LogP contribution is -2.46. The Balaban J connectivity index is 2.39. The van der Waals surface area contributed by atoms with Gasteiger partial charge in [0.05, 0.1) is 6.10 Å². The Morgan fingerprint density at radius 3 is 2.63 bits per heavy atom. The number of nitrogens with zero attached hydrogens (tertiary/aromatic N) is 1. The zero-order valence-corrected chi connectivity index (χ0v) is 12.9. The molecule has 1 rings (SSSR count). The Morgan fingerprint density at radius 2 is 2.05 bits per heavy atom. The van der Waals surface area contributed by atoms with Crippen molar-refractivity contribution < 1.29 is 9.90 Å². The molecular weight excluding hydrogens is 240 g/mol. The van der Waals surface area contributed by atoms with Gasteiger partial charge in [0, 0.05) is 19.6 Å². The molecule has 1 saturated carbocycles. The molecule has 0 saturated heterocycles. The van der Waals surface area contributed by atoms with Crippen molar-refractivity contribution in [2.45, 2.75) is 65.0 Å². The van der Waals surface area contributed by atoms with E-state index in [1.807, 2.05) is 0 Å². The largest absolute Gasteiger partial charge is 0.392 e. The first-order valence-electron chi connectivity index (χ1n) is 7.59. The molecule has 2 N–H and O–H groups in total.